The first-order chi connectivity index (χ1) is 54.4. The molecule has 0 spiro atoms. The molecule has 2 heterocycles. The van der Waals surface area contributed by atoms with Crippen LogP contribution in [0.2, 0.25) is 0 Å². The number of cyclic esters (lactones) is 1. The number of aliphatic hydroxyl groups excluding tert-OH is 5. The fourth-order valence-electron chi connectivity index (χ4n) is 13.5. The predicted octanol–water partition coefficient (Wildman–Crippen LogP) is -7.17. The maximum Gasteiger partial charge on any atom is 0.329 e. The highest BCUT2D eigenvalue weighted by Gasteiger charge is 2.49. The molecule has 23 atom stereocenters. The summed E-state index contributed by atoms with van der Waals surface area (Å²) >= 11 is 0. The molecular weight excluding hydrogens is 1540 g/mol. The highest BCUT2D eigenvalue weighted by atomic mass is 16.5. The van der Waals surface area contributed by atoms with E-state index in [1.165, 1.54) is 27.7 Å². The van der Waals surface area contributed by atoms with Crippen molar-refractivity contribution in [3.63, 3.8) is 0 Å². The van der Waals surface area contributed by atoms with E-state index in [-0.39, 0.29) is 57.4 Å². The number of rotatable bonds is 40. The smallest absolute Gasteiger partial charge is 0.329 e. The minimum Gasteiger partial charge on any atom is -0.481 e. The fraction of sp³-hybridized carbons (Fsp3) is 0.757. The fourth-order valence-corrected chi connectivity index (χ4v) is 13.5. The SMILES string of the molecule is CCOC(C(N)=O)C1NC(=O)C(CCC(=O)O)N(C)C(=O)C(CC(C)C)NC(=O)C(CCCCN)NC(=O)C(C(C)O)NC(=O)C(NC(=O)C(NC(=O)C(O)C(O)C(CCC(N)=O)NC(=O)C(NC(=O)C(C)C(O)C(C)CC(C)C)C(O)C(N)=O)C(C)C(C)C(N)=O)C(C(C)C(C)C)OC(=O)C2CCCCN2C(=O)C(CC(=O)O)NC1=O. The van der Waals surface area contributed by atoms with Gasteiger partial charge in [0.1, 0.15) is 72.6 Å². The Morgan fingerprint density at radius 1 is 0.581 bits per heavy atom. The number of nitrogens with one attached hydrogen (secondary N) is 9. The van der Waals surface area contributed by atoms with Crippen molar-refractivity contribution in [2.45, 2.75) is 283 Å². The number of fused-ring (bicyclic) bond motifs is 1. The van der Waals surface area contributed by atoms with E-state index in [0.717, 1.165) is 30.7 Å². The average molecular weight is 1670 g/mol. The first kappa shape index (κ1) is 103. The zero-order chi connectivity index (χ0) is 89.6. The minimum absolute atomic E-state index is 0.0428. The van der Waals surface area contributed by atoms with Crippen LogP contribution in [0.1, 0.15) is 173 Å². The van der Waals surface area contributed by atoms with E-state index in [4.69, 9.17) is 38.1 Å². The van der Waals surface area contributed by atoms with E-state index in [2.05, 4.69) is 47.9 Å². The van der Waals surface area contributed by atoms with E-state index >= 15 is 19.2 Å². The number of piperidine rings is 1. The van der Waals surface area contributed by atoms with E-state index in [0.29, 0.717) is 6.42 Å². The van der Waals surface area contributed by atoms with Gasteiger partial charge in [0.05, 0.1) is 30.6 Å². The molecule has 2 aliphatic heterocycles. The first-order valence-electron chi connectivity index (χ1n) is 39.2. The Morgan fingerprint density at radius 3 is 1.68 bits per heavy atom. The molecule has 43 nitrogen and oxygen atoms in total. The lowest BCUT2D eigenvalue weighted by Gasteiger charge is -2.40. The number of unbranched alkanes of at least 4 members (excludes halogenated alkanes) is 1. The second-order valence-electron chi connectivity index (χ2n) is 31.4. The summed E-state index contributed by atoms with van der Waals surface area (Å²) in [5.41, 5.74) is 28.1. The van der Waals surface area contributed by atoms with Gasteiger partial charge in [-0.15, -0.1) is 0 Å². The number of primary amides is 4. The maximum absolute atomic E-state index is 15.7. The standard InChI is InChI=1S/C74H126N16O27/c1-15-116-59(62(79)103)53-69(110)83-43(30-48(95)96)73(114)90-27-19-17-21-45(90)74(115)117-58(35(9)33(6)7)52(70(111)85-50(39(13)91)67(108)81-41(20-16-18-26-75)64(105)82-42(29-32(4)5)72(113)89(14)44(65(106)87-53)23-25-47(93)94)88-66(107)49(36(10)37(11)60(77)101)84-71(112)57(100)55(98)40(22-24-46(76)92)80-68(109)51(56(99)61(78)102)86-63(104)38(12)54(97)34(8)28-31(2)3/h31-45,49-59,91,97-100H,15-30,75H2,1-14H3,(H2,76,92)(H2,77,101)(H2,78,102)(H2,79,103)(H,80,109)(H,81,108)(H,82,105)(H,83,110)(H,84,112)(H,85,111)(H,86,104)(H,87,106)(H,88,107)(H,93,94)(H,95,96). The summed E-state index contributed by atoms with van der Waals surface area (Å²) in [7, 11) is 1.04. The van der Waals surface area contributed by atoms with Gasteiger partial charge in [-0.25, -0.2) is 4.79 Å². The monoisotopic (exact) mass is 1670 g/mol. The molecule has 43 heteroatoms. The van der Waals surface area contributed by atoms with Gasteiger partial charge in [0.15, 0.2) is 18.3 Å². The Labute approximate surface area is 678 Å². The Morgan fingerprint density at radius 2 is 1.16 bits per heavy atom. The molecule has 0 aromatic heterocycles. The van der Waals surface area contributed by atoms with Crippen LogP contribution in [0.25, 0.3) is 0 Å². The number of hydrogen-bond donors (Lipinski definition) is 21. The molecule has 664 valence electrons. The molecule has 0 aliphatic carbocycles. The van der Waals surface area contributed by atoms with Crippen molar-refractivity contribution in [1.82, 2.24) is 57.7 Å². The van der Waals surface area contributed by atoms with Gasteiger partial charge in [-0.2, -0.15) is 0 Å². The topological polar surface area (TPSA) is 712 Å². The third kappa shape index (κ3) is 31.5. The molecule has 2 saturated heterocycles. The highest BCUT2D eigenvalue weighted by Crippen LogP contribution is 2.28. The first-order valence-corrected chi connectivity index (χ1v) is 39.2. The Hall–Kier alpha value is -9.82. The summed E-state index contributed by atoms with van der Waals surface area (Å²) in [6, 6.07) is -23.0. The summed E-state index contributed by atoms with van der Waals surface area (Å²) in [5, 5.41) is 98.1. The Bertz CT molecular complexity index is 3480. The maximum atomic E-state index is 15.7. The van der Waals surface area contributed by atoms with Crippen LogP contribution < -0.4 is 76.5 Å². The molecule has 117 heavy (non-hydrogen) atoms. The van der Waals surface area contributed by atoms with Crippen LogP contribution in [0.5, 0.6) is 0 Å². The quantitative estimate of drug-likeness (QED) is 0.0200. The lowest BCUT2D eigenvalue weighted by atomic mass is 9.85. The van der Waals surface area contributed by atoms with E-state index < -0.39 is 302 Å². The number of nitrogens with zero attached hydrogens (tertiary/aromatic N) is 2. The van der Waals surface area contributed by atoms with E-state index in [1.807, 2.05) is 13.8 Å². The van der Waals surface area contributed by atoms with E-state index in [9.17, 15) is 103 Å². The molecule has 0 bridgehead atoms. The zero-order valence-electron chi connectivity index (χ0n) is 68.9. The van der Waals surface area contributed by atoms with Crippen LogP contribution in [0.4, 0.5) is 0 Å². The van der Waals surface area contributed by atoms with Crippen molar-refractivity contribution in [3.05, 3.63) is 0 Å². The molecule has 15 amide bonds. The van der Waals surface area contributed by atoms with E-state index in [1.54, 1.807) is 34.6 Å². The van der Waals surface area contributed by atoms with Crippen LogP contribution in [-0.4, -0.2) is 288 Å². The van der Waals surface area contributed by atoms with Crippen molar-refractivity contribution in [1.29, 1.82) is 0 Å². The number of likely N-dealkylation sites (N-methyl/N-ethyl adjacent to an activating group) is 1. The molecule has 0 radical (unpaired) electrons. The number of aliphatic hydroxyl groups is 5. The number of ether oxygens (including phenoxy) is 2. The van der Waals surface area contributed by atoms with Gasteiger partial charge in [0.25, 0.3) is 5.91 Å². The van der Waals surface area contributed by atoms with Crippen molar-refractivity contribution >= 4 is 107 Å². The van der Waals surface area contributed by atoms with Crippen molar-refractivity contribution < 1.29 is 132 Å². The number of aliphatic carboxylic acids is 2. The van der Waals surface area contributed by atoms with Crippen LogP contribution in [0.15, 0.2) is 0 Å². The number of carboxylic acids is 2. The van der Waals surface area contributed by atoms with Gasteiger partial charge >= 0.3 is 17.9 Å². The number of hydrogen-bond acceptors (Lipinski definition) is 26. The third-order valence-electron chi connectivity index (χ3n) is 20.9. The molecule has 26 N–H and O–H groups in total. The number of esters is 1. The zero-order valence-corrected chi connectivity index (χ0v) is 68.9. The number of carbonyl (C=O) groups excluding carboxylic acids is 16. The predicted molar refractivity (Wildman–Crippen MR) is 412 cm³/mol. The normalized spacial score (nSPS) is 24.2. The van der Waals surface area contributed by atoms with Gasteiger partial charge in [-0.1, -0.05) is 76.2 Å². The van der Waals surface area contributed by atoms with Crippen molar-refractivity contribution in [2.24, 2.45) is 76.0 Å². The average Bonchev–Trinajstić information content (AvgIpc) is 0.982. The van der Waals surface area contributed by atoms with Crippen LogP contribution in [-0.2, 0) is 95.8 Å². The van der Waals surface area contributed by atoms with Gasteiger partial charge in [-0.05, 0) is 120 Å². The minimum atomic E-state index is -2.86. The lowest BCUT2D eigenvalue weighted by molar-refractivity contribution is -0.168. The number of nitrogens with two attached hydrogens (primary N) is 5. The summed E-state index contributed by atoms with van der Waals surface area (Å²) in [4.78, 5) is 256. The largest absolute Gasteiger partial charge is 0.481 e. The number of amides is 15. The van der Waals surface area contributed by atoms with Crippen molar-refractivity contribution in [3.8, 4) is 0 Å². The molecule has 2 rings (SSSR count). The number of carboxylic acid groups (broad SMARTS) is 2. The van der Waals surface area contributed by atoms with Gasteiger partial charge in [-0.3, -0.25) is 81.5 Å². The summed E-state index contributed by atoms with van der Waals surface area (Å²) in [6.07, 6.45) is -19.9. The molecule has 0 aromatic rings. The second-order valence-corrected chi connectivity index (χ2v) is 31.4. The molecule has 2 aliphatic rings. The summed E-state index contributed by atoms with van der Waals surface area (Å²) < 4.78 is 11.8. The molecular formula is C74H126N16O27. The molecule has 0 aromatic carbocycles. The highest BCUT2D eigenvalue weighted by molar-refractivity contribution is 6.02. The third-order valence-corrected chi connectivity index (χ3v) is 20.9. The molecule has 0 saturated carbocycles. The Kier molecular flexibility index (Phi) is 43.0. The molecule has 2 fully saturated rings. The van der Waals surface area contributed by atoms with Gasteiger partial charge < -0.3 is 132 Å². The lowest BCUT2D eigenvalue weighted by Crippen LogP contribution is -2.66. The second kappa shape index (κ2) is 48.8. The van der Waals surface area contributed by atoms with Crippen LogP contribution >= 0.6 is 0 Å². The van der Waals surface area contributed by atoms with Crippen LogP contribution in [0.3, 0.4) is 0 Å². The van der Waals surface area contributed by atoms with Crippen molar-refractivity contribution in [2.75, 3.05) is 26.7 Å². The number of carbonyl (C=O) groups is 18. The summed E-state index contributed by atoms with van der Waals surface area (Å²) in [5.74, 6) is -32.4. The van der Waals surface area contributed by atoms with Gasteiger partial charge in [0.2, 0.25) is 82.7 Å². The molecule has 23 unspecified atom stereocenters. The Balaban J connectivity index is 3.25. The summed E-state index contributed by atoms with van der Waals surface area (Å²) in [6.45, 7) is 18.3. The van der Waals surface area contributed by atoms with Crippen LogP contribution in [0, 0.1) is 47.3 Å². The van der Waals surface area contributed by atoms with Gasteiger partial charge in [0, 0.05) is 39.0 Å².